The molecule has 2 aliphatic rings. The van der Waals surface area contributed by atoms with Crippen LogP contribution >= 0.6 is 0 Å². The van der Waals surface area contributed by atoms with Gasteiger partial charge in [0.2, 0.25) is 5.88 Å². The van der Waals surface area contributed by atoms with Crippen LogP contribution in [0.1, 0.15) is 60.5 Å². The Morgan fingerprint density at radius 3 is 2.28 bits per heavy atom. The van der Waals surface area contributed by atoms with E-state index in [2.05, 4.69) is 22.1 Å². The van der Waals surface area contributed by atoms with Crippen molar-refractivity contribution in [3.8, 4) is 11.6 Å². The van der Waals surface area contributed by atoms with E-state index in [1.807, 2.05) is 24.3 Å². The molecule has 0 bridgehead atoms. The van der Waals surface area contributed by atoms with Gasteiger partial charge < -0.3 is 24.8 Å². The number of amides is 2. The second-order valence-corrected chi connectivity index (χ2v) is 11.2. The van der Waals surface area contributed by atoms with Crippen LogP contribution in [-0.4, -0.2) is 69.6 Å². The van der Waals surface area contributed by atoms with Crippen molar-refractivity contribution in [2.24, 2.45) is 0 Å². The normalized spacial score (nSPS) is 17.7. The summed E-state index contributed by atoms with van der Waals surface area (Å²) in [7, 11) is 0. The minimum Gasteiger partial charge on any atom is -0.490 e. The zero-order chi connectivity index (χ0) is 30.2. The molecule has 2 fully saturated rings. The van der Waals surface area contributed by atoms with E-state index < -0.39 is 12.1 Å². The van der Waals surface area contributed by atoms with Crippen molar-refractivity contribution in [3.63, 3.8) is 0 Å². The second-order valence-electron chi connectivity index (χ2n) is 11.2. The lowest BCUT2D eigenvalue weighted by atomic mass is 10.0. The summed E-state index contributed by atoms with van der Waals surface area (Å²) in [6.45, 7) is 5.24. The first-order chi connectivity index (χ1) is 20.8. The minimum atomic E-state index is -0.875. The molecule has 10 nitrogen and oxygen atoms in total. The third kappa shape index (κ3) is 8.54. The summed E-state index contributed by atoms with van der Waals surface area (Å²) in [5.74, 6) is -0.281. The first-order valence-corrected chi connectivity index (χ1v) is 14.9. The molecule has 2 aromatic carbocycles. The Morgan fingerprint density at radius 2 is 1.63 bits per heavy atom. The number of carboxylic acids is 1. The number of carbonyl (C=O) groups excluding carboxylic acids is 2. The Kier molecular flexibility index (Phi) is 9.88. The maximum absolute atomic E-state index is 12.8. The summed E-state index contributed by atoms with van der Waals surface area (Å²) in [6.07, 6.45) is 5.95. The van der Waals surface area contributed by atoms with Gasteiger partial charge in [0.1, 0.15) is 11.9 Å². The fourth-order valence-corrected chi connectivity index (χ4v) is 5.47. The SMILES string of the molecule is CC1CCCCN1Cc1ccc(C(=O)Nc2ccc(OC(=O)N3CCC(Oc4ccc(CC(=O)O)cc4)CC3)nc2)cc1. The van der Waals surface area contributed by atoms with Crippen LogP contribution in [0.5, 0.6) is 11.6 Å². The summed E-state index contributed by atoms with van der Waals surface area (Å²) < 4.78 is 11.5. The number of nitrogens with zero attached hydrogens (tertiary/aromatic N) is 3. The van der Waals surface area contributed by atoms with Gasteiger partial charge in [-0.1, -0.05) is 30.7 Å². The van der Waals surface area contributed by atoms with E-state index in [9.17, 15) is 14.4 Å². The molecule has 5 rings (SSSR count). The molecule has 2 aliphatic heterocycles. The number of carboxylic acid groups (broad SMARTS) is 1. The van der Waals surface area contributed by atoms with Crippen LogP contribution in [0.25, 0.3) is 0 Å². The lowest BCUT2D eigenvalue weighted by Crippen LogP contribution is -2.43. The van der Waals surface area contributed by atoms with Crippen molar-refractivity contribution in [1.29, 1.82) is 0 Å². The van der Waals surface area contributed by atoms with Crippen molar-refractivity contribution in [1.82, 2.24) is 14.8 Å². The fraction of sp³-hybridized carbons (Fsp3) is 0.394. The standard InChI is InChI=1S/C33H38N4O6/c1-23-4-2-3-17-37(23)22-25-5-9-26(10-6-25)32(40)35-27-11-14-30(34-21-27)43-33(41)36-18-15-29(16-19-36)42-28-12-7-24(8-13-28)20-31(38)39/h5-14,21,23,29H,2-4,15-20,22H2,1H3,(H,35,40)(H,38,39). The van der Waals surface area contributed by atoms with Crippen LogP contribution in [0, 0.1) is 0 Å². The predicted molar refractivity (Wildman–Crippen MR) is 161 cm³/mol. The number of pyridine rings is 1. The van der Waals surface area contributed by atoms with Gasteiger partial charge in [0.05, 0.1) is 18.3 Å². The molecule has 226 valence electrons. The molecule has 10 heteroatoms. The maximum Gasteiger partial charge on any atom is 0.416 e. The van der Waals surface area contributed by atoms with Crippen LogP contribution in [0.3, 0.4) is 0 Å². The van der Waals surface area contributed by atoms with Gasteiger partial charge >= 0.3 is 12.1 Å². The molecule has 2 saturated heterocycles. The molecule has 43 heavy (non-hydrogen) atoms. The molecule has 1 atom stereocenters. The summed E-state index contributed by atoms with van der Waals surface area (Å²) in [5.41, 5.74) is 2.97. The average molecular weight is 587 g/mol. The third-order valence-electron chi connectivity index (χ3n) is 8.01. The number of piperidine rings is 2. The van der Waals surface area contributed by atoms with E-state index >= 15 is 0 Å². The summed E-state index contributed by atoms with van der Waals surface area (Å²) in [4.78, 5) is 44.6. The number of nitrogens with one attached hydrogen (secondary N) is 1. The lowest BCUT2D eigenvalue weighted by Gasteiger charge is -2.33. The number of benzene rings is 2. The lowest BCUT2D eigenvalue weighted by molar-refractivity contribution is -0.136. The van der Waals surface area contributed by atoms with E-state index in [4.69, 9.17) is 14.6 Å². The van der Waals surface area contributed by atoms with Crippen molar-refractivity contribution in [2.45, 2.75) is 64.1 Å². The maximum atomic E-state index is 12.8. The number of ether oxygens (including phenoxy) is 2. The van der Waals surface area contributed by atoms with Gasteiger partial charge in [-0.25, -0.2) is 9.78 Å². The zero-order valence-electron chi connectivity index (χ0n) is 24.4. The van der Waals surface area contributed by atoms with Crippen LogP contribution in [0.2, 0.25) is 0 Å². The van der Waals surface area contributed by atoms with Crippen LogP contribution in [0.4, 0.5) is 10.5 Å². The summed E-state index contributed by atoms with van der Waals surface area (Å²) in [6, 6.07) is 18.5. The Hall–Kier alpha value is -4.44. The van der Waals surface area contributed by atoms with Gasteiger partial charge in [-0.15, -0.1) is 0 Å². The van der Waals surface area contributed by atoms with Crippen molar-refractivity contribution >= 4 is 23.7 Å². The molecule has 1 unspecified atom stereocenters. The van der Waals surface area contributed by atoms with Gasteiger partial charge in [-0.3, -0.25) is 14.5 Å². The number of aliphatic carboxylic acids is 1. The third-order valence-corrected chi connectivity index (χ3v) is 8.01. The van der Waals surface area contributed by atoms with Gasteiger partial charge in [0.25, 0.3) is 5.91 Å². The number of carbonyl (C=O) groups is 3. The Morgan fingerprint density at radius 1 is 0.907 bits per heavy atom. The molecule has 0 aliphatic carbocycles. The molecule has 1 aromatic heterocycles. The second kappa shape index (κ2) is 14.2. The van der Waals surface area contributed by atoms with Gasteiger partial charge in [-0.2, -0.15) is 0 Å². The fourth-order valence-electron chi connectivity index (χ4n) is 5.47. The molecule has 0 radical (unpaired) electrons. The summed E-state index contributed by atoms with van der Waals surface area (Å²) >= 11 is 0. The summed E-state index contributed by atoms with van der Waals surface area (Å²) in [5, 5.41) is 11.7. The molecule has 0 spiro atoms. The van der Waals surface area contributed by atoms with E-state index in [0.717, 1.165) is 13.1 Å². The number of anilines is 1. The van der Waals surface area contributed by atoms with Gasteiger partial charge in [0, 0.05) is 50.1 Å². The molecule has 2 amide bonds. The van der Waals surface area contributed by atoms with E-state index in [-0.39, 0.29) is 24.3 Å². The van der Waals surface area contributed by atoms with Crippen LogP contribution in [0.15, 0.2) is 66.9 Å². The number of hydrogen-bond donors (Lipinski definition) is 2. The topological polar surface area (TPSA) is 121 Å². The Bertz CT molecular complexity index is 1390. The highest BCUT2D eigenvalue weighted by Crippen LogP contribution is 2.22. The van der Waals surface area contributed by atoms with Crippen LogP contribution in [-0.2, 0) is 17.8 Å². The Balaban J connectivity index is 1.05. The van der Waals surface area contributed by atoms with Gasteiger partial charge in [-0.05, 0) is 67.8 Å². The molecular weight excluding hydrogens is 548 g/mol. The van der Waals surface area contributed by atoms with Crippen molar-refractivity contribution in [3.05, 3.63) is 83.6 Å². The first-order valence-electron chi connectivity index (χ1n) is 14.9. The molecular formula is C33H38N4O6. The number of aromatic nitrogens is 1. The zero-order valence-corrected chi connectivity index (χ0v) is 24.4. The first kappa shape index (κ1) is 30.0. The smallest absolute Gasteiger partial charge is 0.416 e. The highest BCUT2D eigenvalue weighted by molar-refractivity contribution is 6.04. The van der Waals surface area contributed by atoms with Crippen molar-refractivity contribution < 1.29 is 29.0 Å². The number of hydrogen-bond acceptors (Lipinski definition) is 7. The van der Waals surface area contributed by atoms with Gasteiger partial charge in [0.15, 0.2) is 0 Å². The number of likely N-dealkylation sites (tertiary alicyclic amines) is 2. The number of rotatable bonds is 9. The van der Waals surface area contributed by atoms with Crippen molar-refractivity contribution in [2.75, 3.05) is 25.0 Å². The average Bonchev–Trinajstić information content (AvgIpc) is 3.01. The monoisotopic (exact) mass is 586 g/mol. The van der Waals surface area contributed by atoms with Crippen LogP contribution < -0.4 is 14.8 Å². The minimum absolute atomic E-state index is 0.0277. The highest BCUT2D eigenvalue weighted by atomic mass is 16.6. The highest BCUT2D eigenvalue weighted by Gasteiger charge is 2.26. The van der Waals surface area contributed by atoms with E-state index in [0.29, 0.717) is 54.5 Å². The Labute approximate surface area is 251 Å². The molecule has 3 heterocycles. The largest absolute Gasteiger partial charge is 0.490 e. The van der Waals surface area contributed by atoms with E-state index in [1.165, 1.54) is 31.0 Å². The molecule has 0 saturated carbocycles. The molecule has 3 aromatic rings. The molecule has 2 N–H and O–H groups in total. The predicted octanol–water partition coefficient (Wildman–Crippen LogP) is 5.38. The quantitative estimate of drug-likeness (QED) is 0.343. The van der Waals surface area contributed by atoms with E-state index in [1.54, 1.807) is 41.3 Å².